The largest absolute Gasteiger partial charge is 0.338 e. The highest BCUT2D eigenvalue weighted by Gasteiger charge is 2.33. The van der Waals surface area contributed by atoms with Gasteiger partial charge in [0.25, 0.3) is 0 Å². The molecule has 4 aromatic rings. The van der Waals surface area contributed by atoms with Crippen LogP contribution in [0.4, 0.5) is 10.1 Å². The first-order valence-electron chi connectivity index (χ1n) is 11.4. The number of anilines is 1. The molecule has 35 heavy (non-hydrogen) atoms. The molecule has 1 saturated heterocycles. The number of piperidine rings is 1. The van der Waals surface area contributed by atoms with Crippen molar-refractivity contribution in [3.8, 4) is 11.4 Å². The van der Waals surface area contributed by atoms with E-state index in [0.29, 0.717) is 47.5 Å². The van der Waals surface area contributed by atoms with E-state index >= 15 is 0 Å². The average molecular weight is 493 g/mol. The van der Waals surface area contributed by atoms with Crippen LogP contribution in [0, 0.1) is 18.7 Å². The van der Waals surface area contributed by atoms with Gasteiger partial charge in [-0.25, -0.2) is 17.8 Å². The molecule has 1 atom stereocenters. The van der Waals surface area contributed by atoms with Gasteiger partial charge in [-0.1, -0.05) is 36.4 Å². The molecule has 5 rings (SSSR count). The van der Waals surface area contributed by atoms with E-state index in [4.69, 9.17) is 0 Å². The summed E-state index contributed by atoms with van der Waals surface area (Å²) in [4.78, 5) is 20.7. The van der Waals surface area contributed by atoms with E-state index in [2.05, 4.69) is 15.3 Å². The molecule has 1 aliphatic heterocycles. The smallest absolute Gasteiger partial charge is 0.243 e. The van der Waals surface area contributed by atoms with Crippen molar-refractivity contribution in [2.24, 2.45) is 5.92 Å². The molecule has 2 heterocycles. The molecular weight excluding hydrogens is 467 g/mol. The zero-order valence-corrected chi connectivity index (χ0v) is 20.0. The van der Waals surface area contributed by atoms with Gasteiger partial charge >= 0.3 is 0 Å². The number of hydrogen-bond donors (Lipinski definition) is 2. The van der Waals surface area contributed by atoms with Crippen molar-refractivity contribution in [2.45, 2.75) is 24.7 Å². The van der Waals surface area contributed by atoms with Crippen molar-refractivity contribution in [3.63, 3.8) is 0 Å². The lowest BCUT2D eigenvalue weighted by Gasteiger charge is -2.31. The molecule has 3 aromatic carbocycles. The van der Waals surface area contributed by atoms with Gasteiger partial charge in [0, 0.05) is 24.3 Å². The maximum atomic E-state index is 13.8. The van der Waals surface area contributed by atoms with Gasteiger partial charge in [0.2, 0.25) is 15.9 Å². The number of rotatable bonds is 5. The number of H-pyrrole nitrogens is 1. The van der Waals surface area contributed by atoms with Gasteiger partial charge in [0.15, 0.2) is 0 Å². The van der Waals surface area contributed by atoms with Gasteiger partial charge in [-0.3, -0.25) is 4.79 Å². The normalized spacial score (nSPS) is 16.9. The summed E-state index contributed by atoms with van der Waals surface area (Å²) in [6.07, 6.45) is 1.12. The number of hydrogen-bond acceptors (Lipinski definition) is 4. The summed E-state index contributed by atoms with van der Waals surface area (Å²) in [5.74, 6) is -0.578. The first-order chi connectivity index (χ1) is 16.8. The minimum Gasteiger partial charge on any atom is -0.338 e. The van der Waals surface area contributed by atoms with Crippen LogP contribution in [0.3, 0.4) is 0 Å². The Kier molecular flexibility index (Phi) is 6.12. The Balaban J connectivity index is 1.34. The number of imidazole rings is 1. The monoisotopic (exact) mass is 492 g/mol. The minimum absolute atomic E-state index is 0.0682. The second-order valence-corrected chi connectivity index (χ2v) is 10.7. The number of fused-ring (bicyclic) bond motifs is 1. The van der Waals surface area contributed by atoms with Crippen molar-refractivity contribution < 1.29 is 17.6 Å². The zero-order chi connectivity index (χ0) is 24.6. The average Bonchev–Trinajstić information content (AvgIpc) is 3.30. The van der Waals surface area contributed by atoms with E-state index in [0.717, 1.165) is 5.56 Å². The fourth-order valence-electron chi connectivity index (χ4n) is 4.32. The Hall–Kier alpha value is -3.56. The second kappa shape index (κ2) is 9.24. The van der Waals surface area contributed by atoms with E-state index in [1.54, 1.807) is 37.3 Å². The highest BCUT2D eigenvalue weighted by molar-refractivity contribution is 7.89. The summed E-state index contributed by atoms with van der Waals surface area (Å²) in [6, 6.07) is 18.9. The first kappa shape index (κ1) is 23.2. The first-order valence-corrected chi connectivity index (χ1v) is 12.9. The number of carbonyl (C=O) groups is 1. The third kappa shape index (κ3) is 4.69. The standard InChI is InChI=1S/C26H25FN4O3S/c1-17-9-10-20(14-22(17)27)28-26(32)19-8-5-13-31(16-19)35(33,34)21-11-12-23-24(15-21)30-25(29-23)18-6-3-2-4-7-18/h2-4,6-7,9-12,14-15,19H,5,8,13,16H2,1H3,(H,28,32)(H,29,30)/t19-/m1/s1. The third-order valence-corrected chi connectivity index (χ3v) is 8.19. The fourth-order valence-corrected chi connectivity index (χ4v) is 5.87. The van der Waals surface area contributed by atoms with Crippen molar-refractivity contribution in [2.75, 3.05) is 18.4 Å². The summed E-state index contributed by atoms with van der Waals surface area (Å²) < 4.78 is 42.0. The van der Waals surface area contributed by atoms with E-state index in [-0.39, 0.29) is 17.3 Å². The topological polar surface area (TPSA) is 95.2 Å². The summed E-state index contributed by atoms with van der Waals surface area (Å²) in [7, 11) is -3.81. The van der Waals surface area contributed by atoms with Gasteiger partial charge in [0.1, 0.15) is 11.6 Å². The van der Waals surface area contributed by atoms with Crippen molar-refractivity contribution in [1.29, 1.82) is 0 Å². The van der Waals surface area contributed by atoms with Gasteiger partial charge in [-0.05, 0) is 55.7 Å². The highest BCUT2D eigenvalue weighted by Crippen LogP contribution is 2.28. The van der Waals surface area contributed by atoms with Crippen LogP contribution in [0.2, 0.25) is 0 Å². The van der Waals surface area contributed by atoms with E-state index in [1.807, 2.05) is 30.3 Å². The van der Waals surface area contributed by atoms with Crippen molar-refractivity contribution in [3.05, 3.63) is 78.1 Å². The highest BCUT2D eigenvalue weighted by atomic mass is 32.2. The molecule has 2 N–H and O–H groups in total. The lowest BCUT2D eigenvalue weighted by Crippen LogP contribution is -2.43. The summed E-state index contributed by atoms with van der Waals surface area (Å²) in [6.45, 7) is 2.05. The summed E-state index contributed by atoms with van der Waals surface area (Å²) in [5, 5.41) is 2.72. The number of sulfonamides is 1. The fraction of sp³-hybridized carbons (Fsp3) is 0.231. The number of nitrogens with zero attached hydrogens (tertiary/aromatic N) is 2. The number of nitrogens with one attached hydrogen (secondary N) is 2. The number of carbonyl (C=O) groups excluding carboxylic acids is 1. The Morgan fingerprint density at radius 3 is 2.69 bits per heavy atom. The molecule has 7 nitrogen and oxygen atoms in total. The predicted octanol–water partition coefficient (Wildman–Crippen LogP) is 4.72. The van der Waals surface area contributed by atoms with Crippen LogP contribution in [-0.2, 0) is 14.8 Å². The van der Waals surface area contributed by atoms with Crippen LogP contribution in [0.25, 0.3) is 22.4 Å². The van der Waals surface area contributed by atoms with E-state index in [9.17, 15) is 17.6 Å². The lowest BCUT2D eigenvalue weighted by molar-refractivity contribution is -0.120. The van der Waals surface area contributed by atoms with E-state index in [1.165, 1.54) is 10.4 Å². The number of aryl methyl sites for hydroxylation is 1. The molecule has 0 unspecified atom stereocenters. The molecule has 0 saturated carbocycles. The lowest BCUT2D eigenvalue weighted by atomic mass is 9.98. The molecule has 0 bridgehead atoms. The minimum atomic E-state index is -3.81. The maximum Gasteiger partial charge on any atom is 0.243 e. The summed E-state index contributed by atoms with van der Waals surface area (Å²) >= 11 is 0. The third-order valence-electron chi connectivity index (χ3n) is 6.33. The number of benzene rings is 3. The number of aromatic nitrogens is 2. The summed E-state index contributed by atoms with van der Waals surface area (Å²) in [5.41, 5.74) is 3.05. The van der Waals surface area contributed by atoms with Crippen LogP contribution >= 0.6 is 0 Å². The maximum absolute atomic E-state index is 13.8. The van der Waals surface area contributed by atoms with Gasteiger partial charge in [0.05, 0.1) is 21.8 Å². The zero-order valence-electron chi connectivity index (χ0n) is 19.2. The molecule has 9 heteroatoms. The van der Waals surface area contributed by atoms with Gasteiger partial charge in [-0.2, -0.15) is 4.31 Å². The Bertz CT molecular complexity index is 1500. The molecule has 180 valence electrons. The number of halogens is 1. The molecule has 0 spiro atoms. The Morgan fingerprint density at radius 1 is 1.11 bits per heavy atom. The quantitative estimate of drug-likeness (QED) is 0.422. The predicted molar refractivity (Wildman–Crippen MR) is 133 cm³/mol. The molecule has 1 fully saturated rings. The second-order valence-electron chi connectivity index (χ2n) is 8.79. The SMILES string of the molecule is Cc1ccc(NC(=O)[C@@H]2CCCN(S(=O)(=O)c3ccc4nc(-c5ccccc5)[nH]c4c3)C2)cc1F. The van der Waals surface area contributed by atoms with Crippen LogP contribution in [-0.4, -0.2) is 41.7 Å². The van der Waals surface area contributed by atoms with Crippen molar-refractivity contribution >= 4 is 32.7 Å². The van der Waals surface area contributed by atoms with Crippen LogP contribution in [0.1, 0.15) is 18.4 Å². The Labute approximate surface area is 203 Å². The number of amides is 1. The molecule has 1 amide bonds. The number of aromatic amines is 1. The molecule has 0 radical (unpaired) electrons. The molecule has 0 aliphatic carbocycles. The van der Waals surface area contributed by atoms with E-state index < -0.39 is 21.8 Å². The van der Waals surface area contributed by atoms with Crippen LogP contribution < -0.4 is 5.32 Å². The van der Waals surface area contributed by atoms with Crippen molar-refractivity contribution in [1.82, 2.24) is 14.3 Å². The molecule has 1 aliphatic rings. The van der Waals surface area contributed by atoms with Gasteiger partial charge < -0.3 is 10.3 Å². The van der Waals surface area contributed by atoms with Crippen LogP contribution in [0.5, 0.6) is 0 Å². The van der Waals surface area contributed by atoms with Crippen LogP contribution in [0.15, 0.2) is 71.6 Å². The molecular formula is C26H25FN4O3S. The van der Waals surface area contributed by atoms with Gasteiger partial charge in [-0.15, -0.1) is 0 Å². The molecule has 1 aromatic heterocycles. The Morgan fingerprint density at radius 2 is 1.91 bits per heavy atom.